The number of fused-ring (bicyclic) bond motifs is 1. The van der Waals surface area contributed by atoms with E-state index in [0.717, 1.165) is 41.7 Å². The highest BCUT2D eigenvalue weighted by Gasteiger charge is 2.26. The third-order valence-electron chi connectivity index (χ3n) is 4.74. The molecular formula is C22H21NO2. The Morgan fingerprint density at radius 2 is 1.92 bits per heavy atom. The van der Waals surface area contributed by atoms with Gasteiger partial charge in [-0.15, -0.1) is 0 Å². The number of benzene rings is 2. The van der Waals surface area contributed by atoms with Crippen LogP contribution in [0.4, 0.5) is 0 Å². The second-order valence-corrected chi connectivity index (χ2v) is 6.50. The standard InChI is InChI=1S/C22H21NO2/c24-22(15-17-7-2-1-3-8-17)23-14-6-10-19(23)12-13-20-16-18-9-4-5-11-21(18)25-20/h1-5,7-9,11-13,16,19H,6,10,14-15H2/t19-/m0/s1. The van der Waals surface area contributed by atoms with Crippen molar-refractivity contribution in [1.29, 1.82) is 0 Å². The van der Waals surface area contributed by atoms with E-state index in [9.17, 15) is 4.79 Å². The molecule has 1 atom stereocenters. The van der Waals surface area contributed by atoms with Crippen LogP contribution in [0.3, 0.4) is 0 Å². The van der Waals surface area contributed by atoms with Gasteiger partial charge in [-0.1, -0.05) is 54.6 Å². The van der Waals surface area contributed by atoms with Crippen LogP contribution < -0.4 is 0 Å². The Morgan fingerprint density at radius 3 is 2.76 bits per heavy atom. The average molecular weight is 331 g/mol. The van der Waals surface area contributed by atoms with Crippen molar-refractivity contribution in [1.82, 2.24) is 4.90 Å². The molecule has 0 N–H and O–H groups in total. The van der Waals surface area contributed by atoms with Crippen LogP contribution in [0.1, 0.15) is 24.2 Å². The Labute approximate surface area is 147 Å². The highest BCUT2D eigenvalue weighted by molar-refractivity contribution is 5.81. The summed E-state index contributed by atoms with van der Waals surface area (Å²) < 4.78 is 5.83. The van der Waals surface area contributed by atoms with Crippen molar-refractivity contribution in [3.05, 3.63) is 78.1 Å². The summed E-state index contributed by atoms with van der Waals surface area (Å²) in [5, 5.41) is 1.10. The molecule has 3 nitrogen and oxygen atoms in total. The number of furan rings is 1. The lowest BCUT2D eigenvalue weighted by Gasteiger charge is -2.22. The summed E-state index contributed by atoms with van der Waals surface area (Å²) in [7, 11) is 0. The average Bonchev–Trinajstić information content (AvgIpc) is 3.27. The van der Waals surface area contributed by atoms with Crippen LogP contribution in [0.25, 0.3) is 17.0 Å². The maximum absolute atomic E-state index is 12.6. The molecule has 0 aliphatic carbocycles. The van der Waals surface area contributed by atoms with E-state index in [1.54, 1.807) is 0 Å². The summed E-state index contributed by atoms with van der Waals surface area (Å²) in [5.41, 5.74) is 1.96. The maximum atomic E-state index is 12.6. The zero-order chi connectivity index (χ0) is 17.1. The minimum atomic E-state index is 0.157. The van der Waals surface area contributed by atoms with Crippen molar-refractivity contribution in [3.8, 4) is 0 Å². The molecule has 1 fully saturated rings. The molecule has 126 valence electrons. The van der Waals surface area contributed by atoms with Gasteiger partial charge in [0, 0.05) is 11.9 Å². The fraction of sp³-hybridized carbons (Fsp3) is 0.227. The van der Waals surface area contributed by atoms with Gasteiger partial charge >= 0.3 is 0 Å². The Bertz CT molecular complexity index is 862. The highest BCUT2D eigenvalue weighted by atomic mass is 16.3. The lowest BCUT2D eigenvalue weighted by molar-refractivity contribution is -0.130. The van der Waals surface area contributed by atoms with Gasteiger partial charge in [0.1, 0.15) is 11.3 Å². The van der Waals surface area contributed by atoms with Crippen LogP contribution in [-0.2, 0) is 11.2 Å². The summed E-state index contributed by atoms with van der Waals surface area (Å²) >= 11 is 0. The number of carbonyl (C=O) groups excluding carboxylic acids is 1. The second-order valence-electron chi connectivity index (χ2n) is 6.50. The third-order valence-corrected chi connectivity index (χ3v) is 4.74. The smallest absolute Gasteiger partial charge is 0.227 e. The van der Waals surface area contributed by atoms with Crippen molar-refractivity contribution in [2.45, 2.75) is 25.3 Å². The fourth-order valence-corrected chi connectivity index (χ4v) is 3.46. The summed E-state index contributed by atoms with van der Waals surface area (Å²) in [6, 6.07) is 20.1. The van der Waals surface area contributed by atoms with E-state index >= 15 is 0 Å². The van der Waals surface area contributed by atoms with Crippen LogP contribution in [-0.4, -0.2) is 23.4 Å². The van der Waals surface area contributed by atoms with Crippen LogP contribution >= 0.6 is 0 Å². The van der Waals surface area contributed by atoms with Gasteiger partial charge in [0.05, 0.1) is 12.5 Å². The molecule has 0 bridgehead atoms. The van der Waals surface area contributed by atoms with E-state index in [4.69, 9.17) is 4.42 Å². The van der Waals surface area contributed by atoms with Crippen molar-refractivity contribution in [3.63, 3.8) is 0 Å². The van der Waals surface area contributed by atoms with Crippen LogP contribution in [0.5, 0.6) is 0 Å². The molecule has 0 saturated carbocycles. The predicted octanol–water partition coefficient (Wildman–Crippen LogP) is 4.68. The largest absolute Gasteiger partial charge is 0.457 e. The van der Waals surface area contributed by atoms with Gasteiger partial charge in [-0.2, -0.15) is 0 Å². The predicted molar refractivity (Wildman–Crippen MR) is 100 cm³/mol. The Kier molecular flexibility index (Phi) is 4.38. The van der Waals surface area contributed by atoms with Crippen LogP contribution in [0, 0.1) is 0 Å². The van der Waals surface area contributed by atoms with Gasteiger partial charge in [0.25, 0.3) is 0 Å². The fourth-order valence-electron chi connectivity index (χ4n) is 3.46. The number of hydrogen-bond donors (Lipinski definition) is 0. The van der Waals surface area contributed by atoms with E-state index in [1.807, 2.05) is 71.6 Å². The Morgan fingerprint density at radius 1 is 1.12 bits per heavy atom. The molecule has 0 unspecified atom stereocenters. The van der Waals surface area contributed by atoms with E-state index < -0.39 is 0 Å². The van der Waals surface area contributed by atoms with E-state index in [-0.39, 0.29) is 11.9 Å². The van der Waals surface area contributed by atoms with Crippen molar-refractivity contribution in [2.24, 2.45) is 0 Å². The first kappa shape index (κ1) is 15.7. The molecule has 1 aliphatic rings. The molecular weight excluding hydrogens is 310 g/mol. The summed E-state index contributed by atoms with van der Waals surface area (Å²) in [5.74, 6) is 1.03. The van der Waals surface area contributed by atoms with Gasteiger partial charge in [-0.05, 0) is 36.6 Å². The maximum Gasteiger partial charge on any atom is 0.227 e. The number of para-hydroxylation sites is 1. The molecule has 0 radical (unpaired) electrons. The number of rotatable bonds is 4. The first-order chi connectivity index (χ1) is 12.3. The molecule has 4 rings (SSSR count). The number of carbonyl (C=O) groups is 1. The van der Waals surface area contributed by atoms with Gasteiger partial charge < -0.3 is 9.32 Å². The lowest BCUT2D eigenvalue weighted by atomic mass is 10.1. The van der Waals surface area contributed by atoms with Crippen LogP contribution in [0.2, 0.25) is 0 Å². The van der Waals surface area contributed by atoms with Crippen molar-refractivity contribution in [2.75, 3.05) is 6.54 Å². The number of nitrogens with zero attached hydrogens (tertiary/aromatic N) is 1. The van der Waals surface area contributed by atoms with E-state index in [0.29, 0.717) is 6.42 Å². The van der Waals surface area contributed by atoms with E-state index in [1.165, 1.54) is 0 Å². The Balaban J connectivity index is 1.46. The highest BCUT2D eigenvalue weighted by Crippen LogP contribution is 2.23. The zero-order valence-electron chi connectivity index (χ0n) is 14.1. The summed E-state index contributed by atoms with van der Waals surface area (Å²) in [6.45, 7) is 0.834. The number of hydrogen-bond acceptors (Lipinski definition) is 2. The van der Waals surface area contributed by atoms with Gasteiger partial charge in [0.2, 0.25) is 5.91 Å². The first-order valence-electron chi connectivity index (χ1n) is 8.80. The molecule has 1 aliphatic heterocycles. The molecule has 3 aromatic rings. The quantitative estimate of drug-likeness (QED) is 0.695. The topological polar surface area (TPSA) is 33.5 Å². The summed E-state index contributed by atoms with van der Waals surface area (Å²) in [4.78, 5) is 14.6. The molecule has 3 heteroatoms. The third kappa shape index (κ3) is 3.50. The molecule has 1 saturated heterocycles. The minimum absolute atomic E-state index is 0.157. The van der Waals surface area contributed by atoms with E-state index in [2.05, 4.69) is 6.08 Å². The van der Waals surface area contributed by atoms with Crippen LogP contribution in [0.15, 0.2) is 71.2 Å². The van der Waals surface area contributed by atoms with Gasteiger partial charge in [-0.3, -0.25) is 4.79 Å². The van der Waals surface area contributed by atoms with Gasteiger partial charge in [0.15, 0.2) is 0 Å². The minimum Gasteiger partial charge on any atom is -0.457 e. The molecule has 25 heavy (non-hydrogen) atoms. The first-order valence-corrected chi connectivity index (χ1v) is 8.80. The number of amides is 1. The summed E-state index contributed by atoms with van der Waals surface area (Å²) in [6.07, 6.45) is 6.63. The van der Waals surface area contributed by atoms with Crippen molar-refractivity contribution < 1.29 is 9.21 Å². The number of likely N-dealkylation sites (tertiary alicyclic amines) is 1. The monoisotopic (exact) mass is 331 g/mol. The molecule has 1 amide bonds. The molecule has 1 aromatic heterocycles. The molecule has 0 spiro atoms. The normalized spacial score (nSPS) is 17.6. The second kappa shape index (κ2) is 6.98. The Hall–Kier alpha value is -2.81. The molecule has 2 heterocycles. The van der Waals surface area contributed by atoms with Crippen molar-refractivity contribution >= 4 is 23.0 Å². The SMILES string of the molecule is O=C(Cc1ccccc1)N1CCC[C@H]1C=Cc1cc2ccccc2o1. The lowest BCUT2D eigenvalue weighted by Crippen LogP contribution is -2.35. The zero-order valence-corrected chi connectivity index (χ0v) is 14.1. The van der Waals surface area contributed by atoms with Gasteiger partial charge in [-0.25, -0.2) is 0 Å². The molecule has 2 aromatic carbocycles.